The molecule has 0 aromatic heterocycles. The van der Waals surface area contributed by atoms with Crippen molar-refractivity contribution in [2.75, 3.05) is 0 Å². The summed E-state index contributed by atoms with van der Waals surface area (Å²) in [5.74, 6) is 4.62. The molecule has 3 rings (SSSR count). The Labute approximate surface area is 201 Å². The van der Waals surface area contributed by atoms with Gasteiger partial charge in [0.15, 0.2) is 0 Å². The Morgan fingerprint density at radius 1 is 0.594 bits per heavy atom. The molecular weight excluding hydrogens is 386 g/mol. The predicted octanol–water partition coefficient (Wildman–Crippen LogP) is 10.2. The van der Waals surface area contributed by atoms with E-state index in [0.717, 1.165) is 23.7 Å². The highest BCUT2D eigenvalue weighted by atomic mass is 14.5. The van der Waals surface area contributed by atoms with Crippen LogP contribution in [0.25, 0.3) is 0 Å². The first kappa shape index (κ1) is 26.1. The number of nitriles is 1. The first-order valence-corrected chi connectivity index (χ1v) is 15.1. The molecule has 1 nitrogen and oxygen atoms in total. The maximum atomic E-state index is 10.3. The molecule has 0 atom stereocenters. The quantitative estimate of drug-likeness (QED) is 0.276. The zero-order valence-electron chi connectivity index (χ0n) is 21.9. The second kappa shape index (κ2) is 14.0. The number of hydrogen-bond donors (Lipinski definition) is 0. The van der Waals surface area contributed by atoms with E-state index >= 15 is 0 Å². The summed E-state index contributed by atoms with van der Waals surface area (Å²) >= 11 is 0. The largest absolute Gasteiger partial charge is 0.198 e. The molecule has 0 heterocycles. The molecule has 0 saturated heterocycles. The van der Waals surface area contributed by atoms with Gasteiger partial charge in [0.05, 0.1) is 11.5 Å². The van der Waals surface area contributed by atoms with Crippen molar-refractivity contribution in [3.8, 4) is 6.07 Å². The summed E-state index contributed by atoms with van der Waals surface area (Å²) in [6, 6.07) is 2.93. The minimum Gasteiger partial charge on any atom is -0.198 e. The molecule has 0 bridgehead atoms. The highest BCUT2D eigenvalue weighted by Gasteiger charge is 2.44. The van der Waals surface area contributed by atoms with Crippen molar-refractivity contribution in [1.82, 2.24) is 0 Å². The Bertz CT molecular complexity index is 521. The van der Waals surface area contributed by atoms with Crippen LogP contribution in [0, 0.1) is 46.3 Å². The summed E-state index contributed by atoms with van der Waals surface area (Å²) in [4.78, 5) is 0. The van der Waals surface area contributed by atoms with E-state index < -0.39 is 0 Å². The summed E-state index contributed by atoms with van der Waals surface area (Å²) in [6.45, 7) is 4.62. The van der Waals surface area contributed by atoms with Crippen LogP contribution in [0.4, 0.5) is 0 Å². The van der Waals surface area contributed by atoms with Crippen molar-refractivity contribution in [1.29, 1.82) is 5.26 Å². The second-order valence-corrected chi connectivity index (χ2v) is 12.3. The molecule has 0 spiro atoms. The van der Waals surface area contributed by atoms with Crippen molar-refractivity contribution in [2.24, 2.45) is 35.0 Å². The van der Waals surface area contributed by atoms with Gasteiger partial charge in [0.25, 0.3) is 0 Å². The maximum absolute atomic E-state index is 10.3. The smallest absolute Gasteiger partial charge is 0.0692 e. The fraction of sp³-hybridized carbons (Fsp3) is 0.968. The Morgan fingerprint density at radius 2 is 1.06 bits per heavy atom. The molecule has 0 N–H and O–H groups in total. The Hall–Kier alpha value is -0.510. The zero-order valence-corrected chi connectivity index (χ0v) is 21.9. The lowest BCUT2D eigenvalue weighted by atomic mass is 9.57. The fourth-order valence-corrected chi connectivity index (χ4v) is 7.91. The highest BCUT2D eigenvalue weighted by molar-refractivity contribution is 5.06. The van der Waals surface area contributed by atoms with E-state index in [4.69, 9.17) is 0 Å². The minimum atomic E-state index is 0.0418. The normalized spacial score (nSPS) is 36.0. The van der Waals surface area contributed by atoms with Gasteiger partial charge in [0.1, 0.15) is 0 Å². The molecule has 0 aromatic carbocycles. The van der Waals surface area contributed by atoms with Crippen LogP contribution in [0.2, 0.25) is 0 Å². The molecule has 3 saturated carbocycles. The first-order valence-electron chi connectivity index (χ1n) is 15.1. The van der Waals surface area contributed by atoms with Crippen LogP contribution in [-0.4, -0.2) is 0 Å². The van der Waals surface area contributed by atoms with E-state index in [0.29, 0.717) is 5.92 Å². The lowest BCUT2D eigenvalue weighted by Crippen LogP contribution is -2.38. The zero-order chi connectivity index (χ0) is 22.7. The van der Waals surface area contributed by atoms with Crippen LogP contribution in [0.3, 0.4) is 0 Å². The molecule has 184 valence electrons. The standard InChI is InChI=1S/C31H55N/c1-3-5-7-9-11-26-13-17-28(18-14-26)29-21-23-31(25-32,24-22-29)30-19-15-27(16-20-30)12-10-8-6-4-2/h26-30H,3-24H2,1-2H3. The summed E-state index contributed by atoms with van der Waals surface area (Å²) in [7, 11) is 0. The molecule has 32 heavy (non-hydrogen) atoms. The van der Waals surface area contributed by atoms with Gasteiger partial charge in [-0.25, -0.2) is 0 Å². The third-order valence-electron chi connectivity index (χ3n) is 10.3. The first-order chi connectivity index (χ1) is 15.7. The van der Waals surface area contributed by atoms with E-state index in [2.05, 4.69) is 19.9 Å². The van der Waals surface area contributed by atoms with Crippen molar-refractivity contribution in [2.45, 2.75) is 155 Å². The second-order valence-electron chi connectivity index (χ2n) is 12.3. The summed E-state index contributed by atoms with van der Waals surface area (Å²) in [5.41, 5.74) is 0.0418. The maximum Gasteiger partial charge on any atom is 0.0692 e. The fourth-order valence-electron chi connectivity index (χ4n) is 7.91. The van der Waals surface area contributed by atoms with Crippen molar-refractivity contribution >= 4 is 0 Å². The summed E-state index contributed by atoms with van der Waals surface area (Å²) in [6.07, 6.45) is 30.9. The topological polar surface area (TPSA) is 23.8 Å². The van der Waals surface area contributed by atoms with E-state index in [1.165, 1.54) is 141 Å². The van der Waals surface area contributed by atoms with E-state index in [-0.39, 0.29) is 5.41 Å². The van der Waals surface area contributed by atoms with Gasteiger partial charge >= 0.3 is 0 Å². The van der Waals surface area contributed by atoms with Gasteiger partial charge in [-0.1, -0.05) is 104 Å². The average Bonchev–Trinajstić information content (AvgIpc) is 2.85. The molecule has 3 fully saturated rings. The van der Waals surface area contributed by atoms with Gasteiger partial charge in [-0.2, -0.15) is 5.26 Å². The summed E-state index contributed by atoms with van der Waals surface area (Å²) < 4.78 is 0. The lowest BCUT2D eigenvalue weighted by molar-refractivity contribution is 0.0601. The number of nitrogens with zero attached hydrogens (tertiary/aromatic N) is 1. The Morgan fingerprint density at radius 3 is 1.53 bits per heavy atom. The van der Waals surface area contributed by atoms with Gasteiger partial charge < -0.3 is 0 Å². The average molecular weight is 442 g/mol. The molecule has 3 aliphatic carbocycles. The van der Waals surface area contributed by atoms with E-state index in [9.17, 15) is 5.26 Å². The SMILES string of the molecule is CCCCCCC1CCC(C2CCC(C#N)(C3CCC(CCCCCC)CC3)CC2)CC1. The monoisotopic (exact) mass is 441 g/mol. The molecule has 0 amide bonds. The number of unbranched alkanes of at least 4 members (excludes halogenated alkanes) is 6. The van der Waals surface area contributed by atoms with Crippen LogP contribution in [0.15, 0.2) is 0 Å². The molecule has 0 aliphatic heterocycles. The molecule has 3 aliphatic rings. The number of hydrogen-bond acceptors (Lipinski definition) is 1. The van der Waals surface area contributed by atoms with Gasteiger partial charge in [-0.15, -0.1) is 0 Å². The van der Waals surface area contributed by atoms with E-state index in [1.807, 2.05) is 0 Å². The van der Waals surface area contributed by atoms with Crippen LogP contribution in [0.1, 0.15) is 155 Å². The molecule has 0 unspecified atom stereocenters. The van der Waals surface area contributed by atoms with Crippen molar-refractivity contribution in [3.63, 3.8) is 0 Å². The van der Waals surface area contributed by atoms with Gasteiger partial charge in [0, 0.05) is 0 Å². The van der Waals surface area contributed by atoms with Gasteiger partial charge in [-0.05, 0) is 81.0 Å². The number of rotatable bonds is 12. The van der Waals surface area contributed by atoms with Crippen LogP contribution in [-0.2, 0) is 0 Å². The van der Waals surface area contributed by atoms with Crippen molar-refractivity contribution in [3.05, 3.63) is 0 Å². The molecule has 0 radical (unpaired) electrons. The third-order valence-corrected chi connectivity index (χ3v) is 10.3. The van der Waals surface area contributed by atoms with Gasteiger partial charge in [-0.3, -0.25) is 0 Å². The van der Waals surface area contributed by atoms with E-state index in [1.54, 1.807) is 0 Å². The van der Waals surface area contributed by atoms with Crippen molar-refractivity contribution < 1.29 is 0 Å². The molecule has 1 heteroatoms. The van der Waals surface area contributed by atoms with Crippen LogP contribution < -0.4 is 0 Å². The Kier molecular flexibility index (Phi) is 11.4. The van der Waals surface area contributed by atoms with Crippen LogP contribution in [0.5, 0.6) is 0 Å². The molecule has 0 aromatic rings. The third kappa shape index (κ3) is 7.50. The minimum absolute atomic E-state index is 0.0418. The summed E-state index contributed by atoms with van der Waals surface area (Å²) in [5, 5.41) is 10.3. The Balaban J connectivity index is 1.36. The van der Waals surface area contributed by atoms with Gasteiger partial charge in [0.2, 0.25) is 0 Å². The lowest BCUT2D eigenvalue weighted by Gasteiger charge is -2.46. The predicted molar refractivity (Wildman–Crippen MR) is 138 cm³/mol. The molecular formula is C31H55N. The van der Waals surface area contributed by atoms with Crippen LogP contribution >= 0.6 is 0 Å². The highest BCUT2D eigenvalue weighted by Crippen LogP contribution is 2.52.